The number of nitrogens with zero attached hydrogens (tertiary/aromatic N) is 2. The molecule has 0 aliphatic heterocycles. The van der Waals surface area contributed by atoms with Gasteiger partial charge >= 0.3 is 0 Å². The summed E-state index contributed by atoms with van der Waals surface area (Å²) in [6.45, 7) is 2.26. The molecule has 23 heavy (non-hydrogen) atoms. The van der Waals surface area contributed by atoms with Gasteiger partial charge in [-0.05, 0) is 30.7 Å². The van der Waals surface area contributed by atoms with E-state index in [0.717, 1.165) is 16.9 Å². The predicted octanol–water partition coefficient (Wildman–Crippen LogP) is 3.81. The molecule has 2 aromatic carbocycles. The van der Waals surface area contributed by atoms with Gasteiger partial charge in [0.25, 0.3) is 0 Å². The minimum Gasteiger partial charge on any atom is -0.496 e. The molecular weight excluding hydrogens is 288 g/mol. The molecule has 3 rings (SSSR count). The molecule has 4 nitrogen and oxygen atoms in total. The molecule has 0 saturated carbocycles. The molecule has 0 N–H and O–H groups in total. The molecule has 0 aliphatic rings. The van der Waals surface area contributed by atoms with E-state index in [1.165, 1.54) is 5.56 Å². The lowest BCUT2D eigenvalue weighted by Crippen LogP contribution is -1.99. The zero-order valence-electron chi connectivity index (χ0n) is 13.2. The second-order valence-corrected chi connectivity index (χ2v) is 5.38. The van der Waals surface area contributed by atoms with E-state index in [2.05, 4.69) is 17.2 Å². The van der Waals surface area contributed by atoms with E-state index in [1.807, 2.05) is 41.2 Å². The first-order valence-electron chi connectivity index (χ1n) is 7.43. The quantitative estimate of drug-likeness (QED) is 0.673. The fourth-order valence-corrected chi connectivity index (χ4v) is 2.51. The van der Waals surface area contributed by atoms with Gasteiger partial charge in [-0.25, -0.2) is 0 Å². The van der Waals surface area contributed by atoms with Crippen LogP contribution in [-0.2, 0) is 6.54 Å². The Bertz CT molecular complexity index is 822. The zero-order valence-corrected chi connectivity index (χ0v) is 13.2. The van der Waals surface area contributed by atoms with Gasteiger partial charge in [0.05, 0.1) is 19.9 Å². The van der Waals surface area contributed by atoms with Gasteiger partial charge in [-0.1, -0.05) is 30.3 Å². The van der Waals surface area contributed by atoms with Crippen molar-refractivity contribution in [1.82, 2.24) is 9.78 Å². The lowest BCUT2D eigenvalue weighted by Gasteiger charge is -2.08. The van der Waals surface area contributed by atoms with E-state index in [9.17, 15) is 4.79 Å². The van der Waals surface area contributed by atoms with Gasteiger partial charge < -0.3 is 4.74 Å². The summed E-state index contributed by atoms with van der Waals surface area (Å²) in [7, 11) is 1.63. The Labute approximate surface area is 135 Å². The first kappa shape index (κ1) is 15.0. The molecule has 0 bridgehead atoms. The molecular formula is C19H18N2O2. The summed E-state index contributed by atoms with van der Waals surface area (Å²) in [4.78, 5) is 11.6. The first-order valence-corrected chi connectivity index (χ1v) is 7.43. The molecule has 1 heterocycles. The number of Topliss-reactive ketones (excluding diaryl/α,β-unsaturated/α-hetero) is 1. The average Bonchev–Trinajstić information content (AvgIpc) is 3.03. The maximum absolute atomic E-state index is 11.6. The third-order valence-corrected chi connectivity index (χ3v) is 3.74. The molecule has 0 radical (unpaired) electrons. The maximum atomic E-state index is 11.6. The minimum absolute atomic E-state index is 0.0329. The van der Waals surface area contributed by atoms with Crippen LogP contribution >= 0.6 is 0 Å². The number of ketones is 1. The first-order chi connectivity index (χ1) is 11.2. The number of rotatable bonds is 5. The van der Waals surface area contributed by atoms with E-state index in [1.54, 1.807) is 26.3 Å². The molecule has 0 unspecified atom stereocenters. The molecule has 0 amide bonds. The lowest BCUT2D eigenvalue weighted by molar-refractivity contribution is 0.101. The predicted molar refractivity (Wildman–Crippen MR) is 89.8 cm³/mol. The van der Waals surface area contributed by atoms with Crippen LogP contribution in [0.25, 0.3) is 11.1 Å². The molecule has 4 heteroatoms. The minimum atomic E-state index is 0.0329. The largest absolute Gasteiger partial charge is 0.496 e. The van der Waals surface area contributed by atoms with Crippen molar-refractivity contribution in [2.24, 2.45) is 0 Å². The number of benzene rings is 2. The summed E-state index contributed by atoms with van der Waals surface area (Å²) in [6, 6.07) is 15.6. The SMILES string of the molecule is COc1ccc(C(C)=O)cc1-c1cnn(Cc2ccccc2)c1. The molecule has 1 aromatic heterocycles. The third-order valence-electron chi connectivity index (χ3n) is 3.74. The van der Waals surface area contributed by atoms with Crippen LogP contribution in [0.15, 0.2) is 60.9 Å². The van der Waals surface area contributed by atoms with E-state index in [-0.39, 0.29) is 5.78 Å². The van der Waals surface area contributed by atoms with Crippen molar-refractivity contribution in [2.45, 2.75) is 13.5 Å². The van der Waals surface area contributed by atoms with Crippen molar-refractivity contribution >= 4 is 5.78 Å². The summed E-state index contributed by atoms with van der Waals surface area (Å²) >= 11 is 0. The number of methoxy groups -OCH3 is 1. The summed E-state index contributed by atoms with van der Waals surface area (Å²) in [5.41, 5.74) is 3.66. The number of ether oxygens (including phenoxy) is 1. The Morgan fingerprint density at radius 2 is 1.96 bits per heavy atom. The van der Waals surface area contributed by atoms with Crippen LogP contribution in [0.4, 0.5) is 0 Å². The van der Waals surface area contributed by atoms with Crippen LogP contribution < -0.4 is 4.74 Å². The third kappa shape index (κ3) is 3.31. The number of hydrogen-bond acceptors (Lipinski definition) is 3. The Kier molecular flexibility index (Phi) is 4.24. The van der Waals surface area contributed by atoms with Crippen LogP contribution in [0.5, 0.6) is 5.75 Å². The van der Waals surface area contributed by atoms with Crippen molar-refractivity contribution in [3.8, 4) is 16.9 Å². The van der Waals surface area contributed by atoms with Gasteiger partial charge in [-0.3, -0.25) is 9.48 Å². The highest BCUT2D eigenvalue weighted by atomic mass is 16.5. The smallest absolute Gasteiger partial charge is 0.159 e. The van der Waals surface area contributed by atoms with Gasteiger partial charge in [0.1, 0.15) is 5.75 Å². The van der Waals surface area contributed by atoms with Crippen molar-refractivity contribution in [2.75, 3.05) is 7.11 Å². The van der Waals surface area contributed by atoms with E-state index < -0.39 is 0 Å². The Morgan fingerprint density at radius 1 is 1.17 bits per heavy atom. The van der Waals surface area contributed by atoms with Gasteiger partial charge in [-0.15, -0.1) is 0 Å². The lowest BCUT2D eigenvalue weighted by atomic mass is 10.0. The topological polar surface area (TPSA) is 44.1 Å². The fraction of sp³-hybridized carbons (Fsp3) is 0.158. The maximum Gasteiger partial charge on any atom is 0.159 e. The van der Waals surface area contributed by atoms with Crippen LogP contribution in [0.1, 0.15) is 22.8 Å². The summed E-state index contributed by atoms with van der Waals surface area (Å²) in [6.07, 6.45) is 3.76. The summed E-state index contributed by atoms with van der Waals surface area (Å²) in [5.74, 6) is 0.764. The van der Waals surface area contributed by atoms with Crippen molar-refractivity contribution in [1.29, 1.82) is 0 Å². The fourth-order valence-electron chi connectivity index (χ4n) is 2.51. The van der Waals surface area contributed by atoms with Crippen molar-refractivity contribution in [3.63, 3.8) is 0 Å². The zero-order chi connectivity index (χ0) is 16.2. The standard InChI is InChI=1S/C19H18N2O2/c1-14(22)16-8-9-19(23-2)18(10-16)17-11-20-21(13-17)12-15-6-4-3-5-7-15/h3-11,13H,12H2,1-2H3. The molecule has 0 fully saturated rings. The van der Waals surface area contributed by atoms with Gasteiger partial charge in [0, 0.05) is 22.9 Å². The Morgan fingerprint density at radius 3 is 2.65 bits per heavy atom. The number of aromatic nitrogens is 2. The molecule has 0 saturated heterocycles. The normalized spacial score (nSPS) is 10.5. The van der Waals surface area contributed by atoms with E-state index >= 15 is 0 Å². The van der Waals surface area contributed by atoms with Crippen LogP contribution in [0.2, 0.25) is 0 Å². The number of carbonyl (C=O) groups is 1. The molecule has 0 spiro atoms. The molecule has 116 valence electrons. The van der Waals surface area contributed by atoms with Crippen molar-refractivity contribution < 1.29 is 9.53 Å². The van der Waals surface area contributed by atoms with Crippen LogP contribution in [0.3, 0.4) is 0 Å². The highest BCUT2D eigenvalue weighted by molar-refractivity contribution is 5.95. The van der Waals surface area contributed by atoms with Gasteiger partial charge in [-0.2, -0.15) is 5.10 Å². The van der Waals surface area contributed by atoms with Crippen LogP contribution in [0, 0.1) is 0 Å². The number of carbonyl (C=O) groups excluding carboxylic acids is 1. The molecule has 3 aromatic rings. The Hall–Kier alpha value is -2.88. The summed E-state index contributed by atoms with van der Waals surface area (Å²) in [5, 5.41) is 4.41. The average molecular weight is 306 g/mol. The van der Waals surface area contributed by atoms with E-state index in [4.69, 9.17) is 4.74 Å². The highest BCUT2D eigenvalue weighted by Crippen LogP contribution is 2.30. The molecule has 0 atom stereocenters. The van der Waals surface area contributed by atoms with Gasteiger partial charge in [0.15, 0.2) is 5.78 Å². The number of hydrogen-bond donors (Lipinski definition) is 0. The molecule has 0 aliphatic carbocycles. The summed E-state index contributed by atoms with van der Waals surface area (Å²) < 4.78 is 7.29. The monoisotopic (exact) mass is 306 g/mol. The second-order valence-electron chi connectivity index (χ2n) is 5.38. The second kappa shape index (κ2) is 6.48. The van der Waals surface area contributed by atoms with Gasteiger partial charge in [0.2, 0.25) is 0 Å². The Balaban J connectivity index is 1.93. The highest BCUT2D eigenvalue weighted by Gasteiger charge is 2.11. The van der Waals surface area contributed by atoms with Crippen LogP contribution in [-0.4, -0.2) is 22.7 Å². The van der Waals surface area contributed by atoms with E-state index in [0.29, 0.717) is 12.1 Å². The van der Waals surface area contributed by atoms with Crippen molar-refractivity contribution in [3.05, 3.63) is 72.1 Å².